The molecule has 0 amide bonds. The summed E-state index contributed by atoms with van der Waals surface area (Å²) < 4.78 is 11.4. The average Bonchev–Trinajstić information content (AvgIpc) is 2.59. The molecule has 1 aliphatic heterocycles. The number of likely N-dealkylation sites (tertiary alicyclic amines) is 1. The number of aliphatic imine (C=N–C) groups is 2. The number of methoxy groups -OCH3 is 1. The second-order valence-electron chi connectivity index (χ2n) is 5.97. The summed E-state index contributed by atoms with van der Waals surface area (Å²) in [7, 11) is 1.76. The van der Waals surface area contributed by atoms with Gasteiger partial charge in [0.2, 0.25) is 5.84 Å². The maximum atomic E-state index is 8.77. The number of hydrogen-bond donors (Lipinski definition) is 1. The number of hydrogen-bond acceptors (Lipinski definition) is 5. The molecular weight excluding hydrogens is 306 g/mol. The third-order valence-electron chi connectivity index (χ3n) is 4.44. The van der Waals surface area contributed by atoms with Crippen molar-refractivity contribution in [3.05, 3.63) is 11.9 Å². The van der Waals surface area contributed by atoms with Crippen LogP contribution in [-0.4, -0.2) is 67.7 Å². The number of ether oxygens (including phenoxy) is 2. The number of piperidine rings is 1. The molecule has 1 saturated carbocycles. The molecular formula is C18H27N3O3. The molecule has 0 bridgehead atoms. The van der Waals surface area contributed by atoms with Crippen molar-refractivity contribution >= 4 is 12.6 Å². The topological polar surface area (TPSA) is 66.7 Å². The highest BCUT2D eigenvalue weighted by atomic mass is 16.5. The molecule has 6 heteroatoms. The highest BCUT2D eigenvalue weighted by Gasteiger charge is 2.33. The lowest BCUT2D eigenvalue weighted by Crippen LogP contribution is -2.43. The van der Waals surface area contributed by atoms with E-state index < -0.39 is 0 Å². The van der Waals surface area contributed by atoms with E-state index in [2.05, 4.69) is 33.4 Å². The Bertz CT molecular complexity index is 533. The van der Waals surface area contributed by atoms with E-state index in [9.17, 15) is 0 Å². The fourth-order valence-electron chi connectivity index (χ4n) is 2.96. The molecule has 1 saturated heterocycles. The summed E-state index contributed by atoms with van der Waals surface area (Å²) in [6.45, 7) is 7.00. The van der Waals surface area contributed by atoms with Crippen molar-refractivity contribution in [2.75, 3.05) is 26.8 Å². The van der Waals surface area contributed by atoms with Crippen LogP contribution in [0.5, 0.6) is 0 Å². The smallest absolute Gasteiger partial charge is 0.206 e. The molecule has 2 aliphatic rings. The molecule has 1 aliphatic carbocycles. The van der Waals surface area contributed by atoms with Crippen molar-refractivity contribution in [3.8, 4) is 11.8 Å². The lowest BCUT2D eigenvalue weighted by atomic mass is 9.91. The molecule has 0 unspecified atom stereocenters. The predicted octanol–water partition coefficient (Wildman–Crippen LogP) is 1.60. The fraction of sp³-hybridized carbons (Fsp3) is 0.667. The number of rotatable bonds is 5. The highest BCUT2D eigenvalue weighted by molar-refractivity contribution is 6.01. The molecule has 1 heterocycles. The third-order valence-corrected chi connectivity index (χ3v) is 4.44. The Morgan fingerprint density at radius 3 is 2.54 bits per heavy atom. The second kappa shape index (κ2) is 9.58. The van der Waals surface area contributed by atoms with Gasteiger partial charge in [-0.15, -0.1) is 0 Å². The van der Waals surface area contributed by atoms with Crippen LogP contribution in [-0.2, 0) is 9.47 Å². The lowest BCUT2D eigenvalue weighted by Gasteiger charge is -2.39. The van der Waals surface area contributed by atoms with E-state index in [1.807, 2.05) is 13.0 Å². The quantitative estimate of drug-likeness (QED) is 0.471. The highest BCUT2D eigenvalue weighted by Crippen LogP contribution is 2.29. The van der Waals surface area contributed by atoms with Crippen molar-refractivity contribution < 1.29 is 14.6 Å². The van der Waals surface area contributed by atoms with Gasteiger partial charge < -0.3 is 19.5 Å². The number of aliphatic hydroxyl groups excluding tert-OH is 1. The van der Waals surface area contributed by atoms with Crippen LogP contribution >= 0.6 is 0 Å². The Hall–Kier alpha value is -1.68. The van der Waals surface area contributed by atoms with E-state index in [1.165, 1.54) is 0 Å². The van der Waals surface area contributed by atoms with E-state index in [1.54, 1.807) is 7.11 Å². The van der Waals surface area contributed by atoms with Crippen LogP contribution < -0.4 is 0 Å². The normalized spacial score (nSPS) is 25.7. The summed E-state index contributed by atoms with van der Waals surface area (Å²) in [6, 6.07) is 0. The minimum Gasteiger partial charge on any atom is -0.384 e. The minimum atomic E-state index is -0.215. The molecule has 0 aromatic rings. The first kappa shape index (κ1) is 18.7. The molecule has 132 valence electrons. The minimum absolute atomic E-state index is 0.215. The van der Waals surface area contributed by atoms with Crippen LogP contribution in [0.25, 0.3) is 0 Å². The van der Waals surface area contributed by atoms with Crippen LogP contribution in [0.15, 0.2) is 21.9 Å². The van der Waals surface area contributed by atoms with Gasteiger partial charge in [0.15, 0.2) is 0 Å². The summed E-state index contributed by atoms with van der Waals surface area (Å²) in [5.74, 6) is 6.41. The molecule has 2 rings (SSSR count). The second-order valence-corrected chi connectivity index (χ2v) is 5.97. The van der Waals surface area contributed by atoms with Crippen molar-refractivity contribution in [2.24, 2.45) is 9.98 Å². The van der Waals surface area contributed by atoms with Gasteiger partial charge in [-0.05, 0) is 51.3 Å². The van der Waals surface area contributed by atoms with Crippen LogP contribution in [0.2, 0.25) is 0 Å². The van der Waals surface area contributed by atoms with Gasteiger partial charge in [-0.3, -0.25) is 0 Å². The Labute approximate surface area is 144 Å². The van der Waals surface area contributed by atoms with Gasteiger partial charge in [0.1, 0.15) is 12.4 Å². The van der Waals surface area contributed by atoms with E-state index in [-0.39, 0.29) is 6.61 Å². The van der Waals surface area contributed by atoms with Gasteiger partial charge in [-0.2, -0.15) is 0 Å². The van der Waals surface area contributed by atoms with Crippen molar-refractivity contribution in [3.63, 3.8) is 0 Å². The van der Waals surface area contributed by atoms with Gasteiger partial charge >= 0.3 is 0 Å². The molecule has 24 heavy (non-hydrogen) atoms. The lowest BCUT2D eigenvalue weighted by molar-refractivity contribution is -0.125. The third kappa shape index (κ3) is 5.17. The number of allylic oxidation sites excluding steroid dienone is 1. The molecule has 0 spiro atoms. The summed E-state index contributed by atoms with van der Waals surface area (Å²) in [5, 5.41) is 8.77. The van der Waals surface area contributed by atoms with E-state index >= 15 is 0 Å². The van der Waals surface area contributed by atoms with Gasteiger partial charge in [-0.1, -0.05) is 5.92 Å². The van der Waals surface area contributed by atoms with Gasteiger partial charge in [-0.25, -0.2) is 9.98 Å². The van der Waals surface area contributed by atoms with Gasteiger partial charge in [0.05, 0.1) is 18.3 Å². The maximum absolute atomic E-state index is 8.77. The number of nitrogens with zero attached hydrogens (tertiary/aromatic N) is 3. The zero-order valence-corrected chi connectivity index (χ0v) is 14.6. The van der Waals surface area contributed by atoms with Crippen molar-refractivity contribution in [1.29, 1.82) is 0 Å². The molecule has 0 aromatic carbocycles. The molecule has 2 fully saturated rings. The van der Waals surface area contributed by atoms with E-state index in [0.29, 0.717) is 24.1 Å². The van der Waals surface area contributed by atoms with Gasteiger partial charge in [0, 0.05) is 20.2 Å². The summed E-state index contributed by atoms with van der Waals surface area (Å²) in [5.41, 5.74) is 0. The Kier molecular flexibility index (Phi) is 7.44. The maximum Gasteiger partial charge on any atom is 0.206 e. The van der Waals surface area contributed by atoms with Crippen LogP contribution in [0.3, 0.4) is 0 Å². The first-order valence-corrected chi connectivity index (χ1v) is 8.44. The zero-order chi connectivity index (χ0) is 17.4. The van der Waals surface area contributed by atoms with Crippen LogP contribution in [0.4, 0.5) is 0 Å². The average molecular weight is 333 g/mol. The Morgan fingerprint density at radius 1 is 1.29 bits per heavy atom. The molecule has 1 N–H and O–H groups in total. The molecule has 6 nitrogen and oxygen atoms in total. The van der Waals surface area contributed by atoms with Crippen molar-refractivity contribution in [2.45, 2.75) is 50.9 Å². The van der Waals surface area contributed by atoms with Crippen molar-refractivity contribution in [1.82, 2.24) is 4.90 Å². The van der Waals surface area contributed by atoms with E-state index in [4.69, 9.17) is 14.6 Å². The van der Waals surface area contributed by atoms with Gasteiger partial charge in [0.25, 0.3) is 0 Å². The SMILES string of the molecule is C=N/C(C#CCO)=N\C(=C/C)N1CCC(OC2CC(OC)C2)CC1. The molecule has 0 atom stereocenters. The zero-order valence-electron chi connectivity index (χ0n) is 14.6. The molecule has 0 aromatic heterocycles. The fourth-order valence-corrected chi connectivity index (χ4v) is 2.96. The monoisotopic (exact) mass is 333 g/mol. The number of amidine groups is 1. The number of aliphatic hydroxyl groups is 1. The standard InChI is InChI=1S/C18H27N3O3/c1-4-18(20-17(19-2)6-5-11-22)21-9-7-14(8-10-21)24-16-12-15(13-16)23-3/h4,14-16,22H,2,7-13H2,1,3H3/b18-4+,20-17-. The predicted molar refractivity (Wildman–Crippen MR) is 95.1 cm³/mol. The van der Waals surface area contributed by atoms with Crippen LogP contribution in [0.1, 0.15) is 32.6 Å². The summed E-state index contributed by atoms with van der Waals surface area (Å²) in [6.07, 6.45) is 7.00. The Balaban J connectivity index is 1.83. The summed E-state index contributed by atoms with van der Waals surface area (Å²) in [4.78, 5) is 10.5. The first-order chi connectivity index (χ1) is 11.7. The van der Waals surface area contributed by atoms with Crippen LogP contribution in [0, 0.1) is 11.8 Å². The Morgan fingerprint density at radius 2 is 2.00 bits per heavy atom. The molecule has 0 radical (unpaired) electrons. The van der Waals surface area contributed by atoms with E-state index in [0.717, 1.165) is 44.6 Å². The first-order valence-electron chi connectivity index (χ1n) is 8.44. The largest absolute Gasteiger partial charge is 0.384 e. The summed E-state index contributed by atoms with van der Waals surface area (Å²) >= 11 is 0.